The summed E-state index contributed by atoms with van der Waals surface area (Å²) in [6.07, 6.45) is 3.39. The van der Waals surface area contributed by atoms with Crippen molar-refractivity contribution in [2.24, 2.45) is 14.1 Å². The molecule has 10 aromatic rings. The first-order valence-electron chi connectivity index (χ1n) is 23.5. The summed E-state index contributed by atoms with van der Waals surface area (Å²) in [5.41, 5.74) is 4.37. The van der Waals surface area contributed by atoms with Crippen molar-refractivity contribution in [1.29, 1.82) is 0 Å². The number of fused-ring (bicyclic) bond motifs is 6. The highest BCUT2D eigenvalue weighted by atomic mass is 32.1. The van der Waals surface area contributed by atoms with Gasteiger partial charge in [-0.2, -0.15) is 0 Å². The van der Waals surface area contributed by atoms with Gasteiger partial charge in [0.25, 0.3) is 34.1 Å². The van der Waals surface area contributed by atoms with E-state index in [1.165, 1.54) is 38.0 Å². The molecule has 368 valence electrons. The third-order valence-electron chi connectivity index (χ3n) is 9.58. The molecular weight excluding hydrogens is 901 g/mol. The minimum absolute atomic E-state index is 0.178. The van der Waals surface area contributed by atoms with E-state index in [0.29, 0.717) is 11.1 Å². The van der Waals surface area contributed by atoms with Crippen LogP contribution in [-0.4, -0.2) is 57.8 Å². The standard InChI is InChI=1S/C12H8N2O4.C9H7NO2.C8H8N2.C8H6N2.C8H7NS.5C2H6/c1-13-9(15)5-3-7-8(4-6(5)10(13)16)12(18)14(2)11(7)17;1-10-8(11)6-4-2-3-5-7(6)9(10)12;1-6-9-7-4-2-3-5-8(7)10-6;1-2-4-8-7(3-1)9-5-6-10-8;1-6-9-7-4-2-3-5-8(7)10-6;5*1-2/h3-4H,1-2H3;2-5H,1H3;2-5H,1H3,(H,9,10);1-6H;2-5H,1H3;5*1-2H3. The second-order valence-corrected chi connectivity index (χ2v) is 14.8. The van der Waals surface area contributed by atoms with Crippen molar-refractivity contribution in [3.05, 3.63) is 185 Å². The molecule has 1 aliphatic heterocycles. The summed E-state index contributed by atoms with van der Waals surface area (Å²) >= 11 is 1.74. The van der Waals surface area contributed by atoms with Crippen LogP contribution >= 0.6 is 11.3 Å². The number of carbonyl (C=O) groups excluding carboxylic acids is 2. The van der Waals surface area contributed by atoms with Gasteiger partial charge in [0, 0.05) is 33.5 Å². The predicted molar refractivity (Wildman–Crippen MR) is 291 cm³/mol. The van der Waals surface area contributed by atoms with E-state index in [2.05, 4.69) is 31.0 Å². The molecule has 15 heteroatoms. The Kier molecular flexibility index (Phi) is 24.3. The van der Waals surface area contributed by atoms with Gasteiger partial charge in [-0.05, 0) is 74.5 Å². The lowest BCUT2D eigenvalue weighted by Crippen LogP contribution is -2.24. The molecular formula is C55H66N8O6S. The lowest BCUT2D eigenvalue weighted by Gasteiger charge is -2.02. The van der Waals surface area contributed by atoms with E-state index in [4.69, 9.17) is 0 Å². The molecule has 0 radical (unpaired) electrons. The third-order valence-corrected chi connectivity index (χ3v) is 10.5. The van der Waals surface area contributed by atoms with Crippen molar-refractivity contribution in [3.8, 4) is 0 Å². The van der Waals surface area contributed by atoms with Gasteiger partial charge >= 0.3 is 0 Å². The number of amides is 2. The summed E-state index contributed by atoms with van der Waals surface area (Å²) in [5, 5.41) is 1.85. The summed E-state index contributed by atoms with van der Waals surface area (Å²) in [4.78, 5) is 90.8. The van der Waals surface area contributed by atoms with Crippen LogP contribution in [0.3, 0.4) is 0 Å². The van der Waals surface area contributed by atoms with Crippen LogP contribution in [0.15, 0.2) is 141 Å². The van der Waals surface area contributed by atoms with Crippen molar-refractivity contribution in [2.45, 2.75) is 83.1 Å². The number of nitrogens with zero attached hydrogens (tertiary/aromatic N) is 7. The minimum Gasteiger partial charge on any atom is -0.342 e. The predicted octanol–water partition coefficient (Wildman–Crippen LogP) is 11.1. The lowest BCUT2D eigenvalue weighted by molar-refractivity contribution is 0.0693. The number of nitrogens with one attached hydrogen (secondary N) is 1. The van der Waals surface area contributed by atoms with E-state index >= 15 is 0 Å². The fourth-order valence-electron chi connectivity index (χ4n) is 6.50. The van der Waals surface area contributed by atoms with Gasteiger partial charge in [-0.3, -0.25) is 52.8 Å². The van der Waals surface area contributed by atoms with Crippen LogP contribution in [-0.2, 0) is 14.1 Å². The van der Waals surface area contributed by atoms with Gasteiger partial charge in [0.1, 0.15) is 5.82 Å². The molecule has 5 aromatic carbocycles. The van der Waals surface area contributed by atoms with Crippen molar-refractivity contribution < 1.29 is 9.59 Å². The fraction of sp³-hybridized carbons (Fsp3) is 0.273. The number of benzene rings is 5. The van der Waals surface area contributed by atoms with Gasteiger partial charge in [0.15, 0.2) is 0 Å². The average Bonchev–Trinajstić information content (AvgIpc) is 4.17. The summed E-state index contributed by atoms with van der Waals surface area (Å²) in [6, 6.07) is 33.5. The zero-order valence-electron chi connectivity index (χ0n) is 43.0. The maximum Gasteiger partial charge on any atom is 0.261 e. The van der Waals surface area contributed by atoms with Gasteiger partial charge in [0.2, 0.25) is 0 Å². The number of aromatic nitrogens is 7. The highest BCUT2D eigenvalue weighted by Crippen LogP contribution is 2.21. The lowest BCUT2D eigenvalue weighted by atomic mass is 10.1. The molecule has 0 unspecified atom stereocenters. The fourth-order valence-corrected chi connectivity index (χ4v) is 7.33. The molecule has 1 N–H and O–H groups in total. The second-order valence-electron chi connectivity index (χ2n) is 13.6. The number of para-hydroxylation sites is 5. The van der Waals surface area contributed by atoms with Gasteiger partial charge < -0.3 is 4.98 Å². The van der Waals surface area contributed by atoms with E-state index in [1.807, 2.05) is 150 Å². The molecule has 11 rings (SSSR count). The molecule has 14 nitrogen and oxygen atoms in total. The Morgan fingerprint density at radius 2 is 0.800 bits per heavy atom. The first kappa shape index (κ1) is 58.3. The van der Waals surface area contributed by atoms with E-state index in [0.717, 1.165) is 52.4 Å². The minimum atomic E-state index is -0.451. The average molecular weight is 967 g/mol. The molecule has 0 bridgehead atoms. The third kappa shape index (κ3) is 13.9. The molecule has 0 atom stereocenters. The Morgan fingerprint density at radius 1 is 0.443 bits per heavy atom. The van der Waals surface area contributed by atoms with Crippen LogP contribution in [0.5, 0.6) is 0 Å². The normalized spacial score (nSPS) is 10.5. The number of imidazole rings is 1. The van der Waals surface area contributed by atoms with Crippen molar-refractivity contribution in [3.63, 3.8) is 0 Å². The van der Waals surface area contributed by atoms with E-state index < -0.39 is 22.2 Å². The SMILES string of the molecule is CC.CC.CC.CC.CC.CN1C(=O)c2ccccc2C1=O.Cc1nc2ccccc2[nH]1.Cc1nc2ccccc2s1.Cn1c(=O)c2cc3c(=O)n(C)c(=O)c3cc2c1=O.c1ccc2nccnc2c1. The van der Waals surface area contributed by atoms with Crippen molar-refractivity contribution in [2.75, 3.05) is 7.05 Å². The molecule has 0 fully saturated rings. The molecule has 70 heavy (non-hydrogen) atoms. The first-order chi connectivity index (χ1) is 33.8. The van der Waals surface area contributed by atoms with Gasteiger partial charge in [-0.25, -0.2) is 9.97 Å². The largest absolute Gasteiger partial charge is 0.342 e. The van der Waals surface area contributed by atoms with Crippen LogP contribution in [0.2, 0.25) is 0 Å². The molecule has 0 spiro atoms. The molecule has 6 heterocycles. The molecule has 0 saturated heterocycles. The smallest absolute Gasteiger partial charge is 0.261 e. The topological polar surface area (TPSA) is 183 Å². The summed E-state index contributed by atoms with van der Waals surface area (Å²) in [6.45, 7) is 24.0. The van der Waals surface area contributed by atoms with Crippen LogP contribution in [0, 0.1) is 13.8 Å². The number of hydrogen-bond donors (Lipinski definition) is 1. The highest BCUT2D eigenvalue weighted by molar-refractivity contribution is 7.18. The van der Waals surface area contributed by atoms with Crippen LogP contribution in [0.25, 0.3) is 53.8 Å². The molecule has 0 saturated carbocycles. The number of thiazole rings is 1. The summed E-state index contributed by atoms with van der Waals surface area (Å²) < 4.78 is 3.22. The molecule has 2 amide bonds. The number of imide groups is 1. The molecule has 5 aromatic heterocycles. The van der Waals surface area contributed by atoms with Crippen LogP contribution < -0.4 is 22.2 Å². The Balaban J connectivity index is 0.000000292. The molecule has 0 aliphatic carbocycles. The van der Waals surface area contributed by atoms with Crippen molar-refractivity contribution in [1.82, 2.24) is 39.0 Å². The maximum absolute atomic E-state index is 11.8. The monoisotopic (exact) mass is 966 g/mol. The summed E-state index contributed by atoms with van der Waals surface area (Å²) in [7, 11) is 4.22. The Hall–Kier alpha value is -7.78. The quantitative estimate of drug-likeness (QED) is 0.144. The first-order valence-corrected chi connectivity index (χ1v) is 24.3. The van der Waals surface area contributed by atoms with Crippen LogP contribution in [0.1, 0.15) is 101 Å². The van der Waals surface area contributed by atoms with E-state index in [-0.39, 0.29) is 33.4 Å². The van der Waals surface area contributed by atoms with E-state index in [1.54, 1.807) is 48.0 Å². The Bertz CT molecular complexity index is 3050. The van der Waals surface area contributed by atoms with Gasteiger partial charge in [0.05, 0.1) is 70.0 Å². The van der Waals surface area contributed by atoms with Gasteiger partial charge in [-0.15, -0.1) is 11.3 Å². The van der Waals surface area contributed by atoms with Crippen LogP contribution in [0.4, 0.5) is 0 Å². The summed E-state index contributed by atoms with van der Waals surface area (Å²) in [5.74, 6) is 0.549. The Labute approximate surface area is 413 Å². The zero-order valence-corrected chi connectivity index (χ0v) is 43.9. The number of aryl methyl sites for hydroxylation is 2. The zero-order chi connectivity index (χ0) is 52.7. The maximum atomic E-state index is 11.8. The molecule has 1 aliphatic rings. The van der Waals surface area contributed by atoms with Gasteiger partial charge in [-0.1, -0.05) is 118 Å². The number of rotatable bonds is 0. The second kappa shape index (κ2) is 29.2. The van der Waals surface area contributed by atoms with Crippen molar-refractivity contribution >= 4 is 77.0 Å². The number of carbonyl (C=O) groups is 2. The van der Waals surface area contributed by atoms with E-state index in [9.17, 15) is 28.8 Å². The number of aromatic amines is 1. The highest BCUT2D eigenvalue weighted by Gasteiger charge is 2.31. The number of hydrogen-bond acceptors (Lipinski definition) is 11. The number of H-pyrrole nitrogens is 1. The Morgan fingerprint density at radius 3 is 1.20 bits per heavy atom.